The molecule has 0 heterocycles. The van der Waals surface area contributed by atoms with E-state index in [9.17, 15) is 0 Å². The molecule has 0 bridgehead atoms. The first kappa shape index (κ1) is 12.9. The third-order valence-corrected chi connectivity index (χ3v) is 2.89. The monoisotopic (exact) mass is 237 g/mol. The third-order valence-electron chi connectivity index (χ3n) is 2.15. The quantitative estimate of drug-likeness (QED) is 0.469. The van der Waals surface area contributed by atoms with Crippen LogP contribution in [0.3, 0.4) is 0 Å². The molecule has 0 aromatic heterocycles. The van der Waals surface area contributed by atoms with Crippen molar-refractivity contribution in [3.63, 3.8) is 0 Å². The summed E-state index contributed by atoms with van der Waals surface area (Å²) in [6.07, 6.45) is 3.12. The van der Waals surface area contributed by atoms with Gasteiger partial charge in [0.25, 0.3) is 0 Å². The van der Waals surface area contributed by atoms with Crippen LogP contribution in [0.4, 0.5) is 0 Å². The van der Waals surface area contributed by atoms with Crippen molar-refractivity contribution < 1.29 is 0 Å². The molecule has 0 aliphatic carbocycles. The number of nitrogens with one attached hydrogen (secondary N) is 1. The van der Waals surface area contributed by atoms with Crippen molar-refractivity contribution in [1.82, 2.24) is 5.32 Å². The van der Waals surface area contributed by atoms with Crippen molar-refractivity contribution in [3.05, 3.63) is 29.8 Å². The predicted octanol–water partition coefficient (Wildman–Crippen LogP) is 2.22. The van der Waals surface area contributed by atoms with Gasteiger partial charge in [0.1, 0.15) is 0 Å². The average molecular weight is 237 g/mol. The van der Waals surface area contributed by atoms with Gasteiger partial charge in [-0.25, -0.2) is 4.99 Å². The lowest BCUT2D eigenvalue weighted by molar-refractivity contribution is 0.825. The lowest BCUT2D eigenvalue weighted by Crippen LogP contribution is -2.32. The number of hydrogen-bond donors (Lipinski definition) is 2. The summed E-state index contributed by atoms with van der Waals surface area (Å²) in [6, 6.07) is 8.38. The SMILES string of the molecule is CCCNC(N)=NCc1ccc(SC)cc1. The zero-order valence-corrected chi connectivity index (χ0v) is 10.7. The van der Waals surface area contributed by atoms with Gasteiger partial charge in [0.05, 0.1) is 6.54 Å². The van der Waals surface area contributed by atoms with Crippen LogP contribution < -0.4 is 11.1 Å². The Hall–Kier alpha value is -1.16. The highest BCUT2D eigenvalue weighted by Gasteiger charge is 1.94. The van der Waals surface area contributed by atoms with Crippen molar-refractivity contribution >= 4 is 17.7 Å². The number of aliphatic imine (C=N–C) groups is 1. The number of hydrogen-bond acceptors (Lipinski definition) is 2. The van der Waals surface area contributed by atoms with Crippen LogP contribution in [-0.2, 0) is 6.54 Å². The lowest BCUT2D eigenvalue weighted by Gasteiger charge is -2.03. The number of rotatable bonds is 5. The van der Waals surface area contributed by atoms with Crippen molar-refractivity contribution in [1.29, 1.82) is 0 Å². The summed E-state index contributed by atoms with van der Waals surface area (Å²) in [5.74, 6) is 0.524. The second-order valence-corrected chi connectivity index (χ2v) is 4.36. The summed E-state index contributed by atoms with van der Waals surface area (Å²) in [5.41, 5.74) is 6.88. The van der Waals surface area contributed by atoms with Crippen molar-refractivity contribution in [3.8, 4) is 0 Å². The molecule has 0 atom stereocenters. The molecule has 3 nitrogen and oxygen atoms in total. The summed E-state index contributed by atoms with van der Waals surface area (Å²) in [4.78, 5) is 5.53. The van der Waals surface area contributed by atoms with Crippen molar-refractivity contribution in [2.45, 2.75) is 24.8 Å². The highest BCUT2D eigenvalue weighted by molar-refractivity contribution is 7.98. The highest BCUT2D eigenvalue weighted by atomic mass is 32.2. The second-order valence-electron chi connectivity index (χ2n) is 3.48. The van der Waals surface area contributed by atoms with Gasteiger partial charge >= 0.3 is 0 Å². The van der Waals surface area contributed by atoms with Crippen LogP contribution in [0, 0.1) is 0 Å². The maximum atomic E-state index is 5.70. The predicted molar refractivity (Wildman–Crippen MR) is 71.8 cm³/mol. The van der Waals surface area contributed by atoms with E-state index < -0.39 is 0 Å². The number of nitrogens with zero attached hydrogens (tertiary/aromatic N) is 1. The Balaban J connectivity index is 2.46. The minimum absolute atomic E-state index is 0.524. The molecular weight excluding hydrogens is 218 g/mol. The van der Waals surface area contributed by atoms with Gasteiger partial charge in [-0.2, -0.15) is 0 Å². The lowest BCUT2D eigenvalue weighted by atomic mass is 10.2. The maximum absolute atomic E-state index is 5.70. The Kier molecular flexibility index (Phi) is 5.78. The van der Waals surface area contributed by atoms with Gasteiger partial charge in [0, 0.05) is 11.4 Å². The van der Waals surface area contributed by atoms with Gasteiger partial charge in [0.15, 0.2) is 5.96 Å². The Morgan fingerprint density at radius 1 is 1.38 bits per heavy atom. The molecule has 0 radical (unpaired) electrons. The highest BCUT2D eigenvalue weighted by Crippen LogP contribution is 2.15. The normalized spacial score (nSPS) is 11.5. The molecular formula is C12H19N3S. The topological polar surface area (TPSA) is 50.4 Å². The first-order chi connectivity index (χ1) is 7.76. The van der Waals surface area contributed by atoms with Gasteiger partial charge in [-0.3, -0.25) is 0 Å². The van der Waals surface area contributed by atoms with Crippen molar-refractivity contribution in [2.24, 2.45) is 10.7 Å². The van der Waals surface area contributed by atoms with E-state index in [1.165, 1.54) is 10.5 Å². The third kappa shape index (κ3) is 4.57. The van der Waals surface area contributed by atoms with E-state index in [4.69, 9.17) is 5.73 Å². The summed E-state index contributed by atoms with van der Waals surface area (Å²) >= 11 is 1.74. The maximum Gasteiger partial charge on any atom is 0.188 e. The molecule has 1 rings (SSSR count). The molecule has 1 aromatic carbocycles. The Bertz CT molecular complexity index is 333. The minimum Gasteiger partial charge on any atom is -0.370 e. The Morgan fingerprint density at radius 2 is 2.06 bits per heavy atom. The van der Waals surface area contributed by atoms with Crippen LogP contribution in [0.2, 0.25) is 0 Å². The molecule has 16 heavy (non-hydrogen) atoms. The van der Waals surface area contributed by atoms with Gasteiger partial charge in [-0.1, -0.05) is 19.1 Å². The number of benzene rings is 1. The smallest absolute Gasteiger partial charge is 0.188 e. The molecule has 0 amide bonds. The molecule has 3 N–H and O–H groups in total. The van der Waals surface area contributed by atoms with Crippen LogP contribution in [0.25, 0.3) is 0 Å². The summed E-state index contributed by atoms with van der Waals surface area (Å²) in [7, 11) is 0. The Labute approximate surface area is 102 Å². The molecule has 88 valence electrons. The molecule has 0 spiro atoms. The van der Waals surface area contributed by atoms with Crippen LogP contribution in [0.5, 0.6) is 0 Å². The second kappa shape index (κ2) is 7.17. The van der Waals surface area contributed by atoms with E-state index in [0.29, 0.717) is 12.5 Å². The fourth-order valence-electron chi connectivity index (χ4n) is 1.22. The van der Waals surface area contributed by atoms with E-state index >= 15 is 0 Å². The van der Waals surface area contributed by atoms with Crippen LogP contribution in [0.1, 0.15) is 18.9 Å². The molecule has 0 saturated heterocycles. The van der Waals surface area contributed by atoms with Gasteiger partial charge in [-0.15, -0.1) is 11.8 Å². The zero-order chi connectivity index (χ0) is 11.8. The standard InChI is InChI=1S/C12H19N3S/c1-3-8-14-12(13)15-9-10-4-6-11(16-2)7-5-10/h4-7H,3,8-9H2,1-2H3,(H3,13,14,15). The largest absolute Gasteiger partial charge is 0.370 e. The first-order valence-electron chi connectivity index (χ1n) is 5.43. The average Bonchev–Trinajstić information content (AvgIpc) is 2.34. The van der Waals surface area contributed by atoms with Gasteiger partial charge in [-0.05, 0) is 30.4 Å². The molecule has 0 aliphatic heterocycles. The van der Waals surface area contributed by atoms with Gasteiger partial charge < -0.3 is 11.1 Å². The zero-order valence-electron chi connectivity index (χ0n) is 9.86. The molecule has 0 saturated carbocycles. The van der Waals surface area contributed by atoms with Crippen LogP contribution >= 0.6 is 11.8 Å². The van der Waals surface area contributed by atoms with Crippen LogP contribution in [-0.4, -0.2) is 18.8 Å². The van der Waals surface area contributed by atoms with E-state index in [0.717, 1.165) is 13.0 Å². The first-order valence-corrected chi connectivity index (χ1v) is 6.65. The summed E-state index contributed by atoms with van der Waals surface area (Å²) in [6.45, 7) is 3.61. The molecule has 0 unspecified atom stereocenters. The summed E-state index contributed by atoms with van der Waals surface area (Å²) in [5, 5.41) is 3.05. The number of guanidine groups is 1. The number of thioether (sulfide) groups is 1. The van der Waals surface area contributed by atoms with Gasteiger partial charge in [0.2, 0.25) is 0 Å². The fourth-order valence-corrected chi connectivity index (χ4v) is 1.62. The molecule has 1 aromatic rings. The molecule has 0 aliphatic rings. The van der Waals surface area contributed by atoms with Crippen molar-refractivity contribution in [2.75, 3.05) is 12.8 Å². The van der Waals surface area contributed by atoms with E-state index in [-0.39, 0.29) is 0 Å². The fraction of sp³-hybridized carbons (Fsp3) is 0.417. The minimum atomic E-state index is 0.524. The van der Waals surface area contributed by atoms with E-state index in [1.54, 1.807) is 11.8 Å². The van der Waals surface area contributed by atoms with E-state index in [2.05, 4.69) is 47.8 Å². The molecule has 4 heteroatoms. The van der Waals surface area contributed by atoms with Crippen LogP contribution in [0.15, 0.2) is 34.2 Å². The Morgan fingerprint density at radius 3 is 2.62 bits per heavy atom. The summed E-state index contributed by atoms with van der Waals surface area (Å²) < 4.78 is 0. The molecule has 0 fully saturated rings. The number of nitrogens with two attached hydrogens (primary N) is 1. The van der Waals surface area contributed by atoms with E-state index in [1.807, 2.05) is 0 Å².